The third kappa shape index (κ3) is 19.6. The zero-order valence-corrected chi connectivity index (χ0v) is 21.0. The zero-order chi connectivity index (χ0) is 22.2. The fourth-order valence-electron chi connectivity index (χ4n) is 3.84. The average Bonchev–Trinajstić information content (AvgIpc) is 2.60. The summed E-state index contributed by atoms with van der Waals surface area (Å²) in [5.74, 6) is 0. The Bertz CT molecular complexity index is 354. The van der Waals surface area contributed by atoms with Crippen molar-refractivity contribution in [3.63, 3.8) is 0 Å². The van der Waals surface area contributed by atoms with Crippen LogP contribution in [-0.2, 0) is 9.47 Å². The molecule has 0 aromatic carbocycles. The smallest absolute Gasteiger partial charge is 0.0844 e. The first-order valence-corrected chi connectivity index (χ1v) is 12.6. The molecule has 0 rings (SSSR count). The lowest BCUT2D eigenvalue weighted by Gasteiger charge is -2.37. The van der Waals surface area contributed by atoms with Gasteiger partial charge in [-0.3, -0.25) is 0 Å². The Morgan fingerprint density at radius 1 is 0.552 bits per heavy atom. The van der Waals surface area contributed by atoms with Crippen molar-refractivity contribution < 1.29 is 14.6 Å². The van der Waals surface area contributed by atoms with E-state index in [1.165, 1.54) is 64.2 Å². The van der Waals surface area contributed by atoms with Crippen molar-refractivity contribution in [3.8, 4) is 0 Å². The van der Waals surface area contributed by atoms with Crippen molar-refractivity contribution in [2.75, 3.05) is 6.61 Å². The maximum atomic E-state index is 8.90. The van der Waals surface area contributed by atoms with Gasteiger partial charge in [0.2, 0.25) is 0 Å². The molecule has 0 saturated carbocycles. The second-order valence-corrected chi connectivity index (χ2v) is 10.7. The molecule has 29 heavy (non-hydrogen) atoms. The lowest BCUT2D eigenvalue weighted by Crippen LogP contribution is -2.41. The van der Waals surface area contributed by atoms with Gasteiger partial charge in [0.25, 0.3) is 0 Å². The maximum absolute atomic E-state index is 8.90. The third-order valence-corrected chi connectivity index (χ3v) is 5.16. The second kappa shape index (κ2) is 16.6. The highest BCUT2D eigenvalue weighted by Gasteiger charge is 2.30. The summed E-state index contributed by atoms with van der Waals surface area (Å²) in [5.41, 5.74) is -0.289. The highest BCUT2D eigenvalue weighted by Crippen LogP contribution is 2.27. The first-order chi connectivity index (χ1) is 13.6. The summed E-state index contributed by atoms with van der Waals surface area (Å²) in [4.78, 5) is 0. The number of aliphatic hydroxyl groups excluding tert-OH is 1. The van der Waals surface area contributed by atoms with Crippen LogP contribution in [0.2, 0.25) is 0 Å². The van der Waals surface area contributed by atoms with Crippen molar-refractivity contribution in [1.29, 1.82) is 0 Å². The first kappa shape index (κ1) is 28.9. The Hall–Kier alpha value is -0.120. The van der Waals surface area contributed by atoms with Crippen LogP contribution in [0.15, 0.2) is 0 Å². The molecule has 0 heterocycles. The van der Waals surface area contributed by atoms with E-state index in [0.29, 0.717) is 6.61 Å². The first-order valence-electron chi connectivity index (χ1n) is 12.6. The van der Waals surface area contributed by atoms with Crippen LogP contribution in [0.4, 0.5) is 0 Å². The van der Waals surface area contributed by atoms with E-state index < -0.39 is 0 Å². The van der Waals surface area contributed by atoms with Gasteiger partial charge < -0.3 is 14.6 Å². The summed E-state index contributed by atoms with van der Waals surface area (Å²) in [6.45, 7) is 15.6. The summed E-state index contributed by atoms with van der Waals surface area (Å²) in [6, 6.07) is 0. The van der Waals surface area contributed by atoms with Crippen LogP contribution in [0.1, 0.15) is 138 Å². The van der Waals surface area contributed by atoms with Gasteiger partial charge in [0.05, 0.1) is 23.4 Å². The van der Waals surface area contributed by atoms with Gasteiger partial charge in [-0.1, -0.05) is 77.6 Å². The van der Waals surface area contributed by atoms with Crippen LogP contribution in [-0.4, -0.2) is 35.1 Å². The molecule has 0 spiro atoms. The van der Waals surface area contributed by atoms with Gasteiger partial charge >= 0.3 is 0 Å². The molecule has 0 aliphatic heterocycles. The molecule has 176 valence electrons. The Morgan fingerprint density at radius 3 is 1.24 bits per heavy atom. The Kier molecular flexibility index (Phi) is 16.5. The van der Waals surface area contributed by atoms with Crippen molar-refractivity contribution in [2.24, 2.45) is 0 Å². The van der Waals surface area contributed by atoms with Gasteiger partial charge in [-0.05, 0) is 60.8 Å². The van der Waals surface area contributed by atoms with Gasteiger partial charge in [0.15, 0.2) is 0 Å². The summed E-state index contributed by atoms with van der Waals surface area (Å²) in [6.07, 6.45) is 17.4. The Labute approximate surface area is 183 Å². The van der Waals surface area contributed by atoms with E-state index in [2.05, 4.69) is 48.5 Å². The molecule has 3 heteroatoms. The SMILES string of the molecule is CCCCCCCCC(OC(C)(C)C)C(CCCCCCCCO)OC(C)(C)C. The molecule has 0 fully saturated rings. The standard InChI is InChI=1S/C26H54O3/c1-8-9-10-11-14-17-20-23(28-25(2,3)4)24(29-26(5,6)7)21-18-15-12-13-16-19-22-27/h23-24,27H,8-22H2,1-7H3. The van der Waals surface area contributed by atoms with Gasteiger partial charge in [-0.2, -0.15) is 0 Å². The Morgan fingerprint density at radius 2 is 0.897 bits per heavy atom. The number of hydrogen-bond donors (Lipinski definition) is 1. The molecule has 0 aromatic heterocycles. The topological polar surface area (TPSA) is 38.7 Å². The summed E-state index contributed by atoms with van der Waals surface area (Å²) < 4.78 is 13.1. The van der Waals surface area contributed by atoms with E-state index in [4.69, 9.17) is 14.6 Å². The normalized spacial score (nSPS) is 14.9. The third-order valence-electron chi connectivity index (χ3n) is 5.16. The van der Waals surface area contributed by atoms with E-state index in [0.717, 1.165) is 25.7 Å². The monoisotopic (exact) mass is 414 g/mol. The molecule has 1 N–H and O–H groups in total. The van der Waals surface area contributed by atoms with Crippen LogP contribution in [0.25, 0.3) is 0 Å². The maximum Gasteiger partial charge on any atom is 0.0844 e. The van der Waals surface area contributed by atoms with Crippen LogP contribution < -0.4 is 0 Å². The predicted molar refractivity (Wildman–Crippen MR) is 127 cm³/mol. The molecule has 3 nitrogen and oxygen atoms in total. The molecule has 2 unspecified atom stereocenters. The number of hydrogen-bond acceptors (Lipinski definition) is 3. The number of ether oxygens (including phenoxy) is 2. The molecule has 0 aromatic rings. The lowest BCUT2D eigenvalue weighted by molar-refractivity contribution is -0.167. The highest BCUT2D eigenvalue weighted by molar-refractivity contribution is 4.78. The molecule has 0 aliphatic carbocycles. The predicted octanol–water partition coefficient (Wildman–Crippen LogP) is 7.83. The minimum absolute atomic E-state index is 0.142. The van der Waals surface area contributed by atoms with Crippen LogP contribution >= 0.6 is 0 Å². The Balaban J connectivity index is 4.69. The molecule has 0 amide bonds. The fraction of sp³-hybridized carbons (Fsp3) is 1.00. The largest absolute Gasteiger partial charge is 0.396 e. The molecule has 0 bridgehead atoms. The van der Waals surface area contributed by atoms with E-state index in [-0.39, 0.29) is 23.4 Å². The van der Waals surface area contributed by atoms with Crippen molar-refractivity contribution in [3.05, 3.63) is 0 Å². The summed E-state index contributed by atoms with van der Waals surface area (Å²) >= 11 is 0. The van der Waals surface area contributed by atoms with E-state index in [1.54, 1.807) is 0 Å². The number of unbranched alkanes of at least 4 members (excludes halogenated alkanes) is 10. The van der Waals surface area contributed by atoms with Crippen LogP contribution in [0.3, 0.4) is 0 Å². The van der Waals surface area contributed by atoms with Crippen molar-refractivity contribution >= 4 is 0 Å². The van der Waals surface area contributed by atoms with E-state index in [1.807, 2.05) is 0 Å². The van der Waals surface area contributed by atoms with Crippen LogP contribution in [0, 0.1) is 0 Å². The molecule has 0 saturated heterocycles. The number of aliphatic hydroxyl groups is 1. The lowest BCUT2D eigenvalue weighted by atomic mass is 9.97. The summed E-state index contributed by atoms with van der Waals surface area (Å²) in [7, 11) is 0. The highest BCUT2D eigenvalue weighted by atomic mass is 16.6. The molecule has 0 radical (unpaired) electrons. The minimum Gasteiger partial charge on any atom is -0.396 e. The van der Waals surface area contributed by atoms with Gasteiger partial charge in [-0.25, -0.2) is 0 Å². The molecule has 2 atom stereocenters. The molecular weight excluding hydrogens is 360 g/mol. The average molecular weight is 415 g/mol. The summed E-state index contributed by atoms with van der Waals surface area (Å²) in [5, 5.41) is 8.90. The van der Waals surface area contributed by atoms with Gasteiger partial charge in [0, 0.05) is 6.61 Å². The zero-order valence-electron chi connectivity index (χ0n) is 21.0. The van der Waals surface area contributed by atoms with E-state index >= 15 is 0 Å². The minimum atomic E-state index is -0.146. The quantitative estimate of drug-likeness (QED) is 0.232. The van der Waals surface area contributed by atoms with Crippen molar-refractivity contribution in [1.82, 2.24) is 0 Å². The number of rotatable bonds is 18. The molecule has 0 aliphatic rings. The van der Waals surface area contributed by atoms with Crippen LogP contribution in [0.5, 0.6) is 0 Å². The second-order valence-electron chi connectivity index (χ2n) is 10.7. The van der Waals surface area contributed by atoms with Gasteiger partial charge in [0.1, 0.15) is 0 Å². The van der Waals surface area contributed by atoms with Gasteiger partial charge in [-0.15, -0.1) is 0 Å². The van der Waals surface area contributed by atoms with E-state index in [9.17, 15) is 0 Å². The fourth-order valence-corrected chi connectivity index (χ4v) is 3.84. The molecular formula is C26H54O3. The van der Waals surface area contributed by atoms with Crippen molar-refractivity contribution in [2.45, 2.75) is 162 Å².